The highest BCUT2D eigenvalue weighted by Gasteiger charge is 2.27. The molecular formula is C20H23N5OS2. The van der Waals surface area contributed by atoms with Gasteiger partial charge < -0.3 is 4.90 Å². The van der Waals surface area contributed by atoms with Crippen LogP contribution in [-0.2, 0) is 23.6 Å². The maximum Gasteiger partial charge on any atom is 0.183 e. The van der Waals surface area contributed by atoms with E-state index in [1.807, 2.05) is 11.3 Å². The Kier molecular flexibility index (Phi) is 4.84. The predicted molar refractivity (Wildman–Crippen MR) is 114 cm³/mol. The number of hydrogen-bond donors (Lipinski definition) is 0. The molecule has 8 heteroatoms. The fourth-order valence-corrected chi connectivity index (χ4v) is 6.52. The van der Waals surface area contributed by atoms with E-state index in [1.54, 1.807) is 18.6 Å². The summed E-state index contributed by atoms with van der Waals surface area (Å²) in [6.45, 7) is 3.74. The van der Waals surface area contributed by atoms with Gasteiger partial charge in [0.1, 0.15) is 16.3 Å². The van der Waals surface area contributed by atoms with Crippen LogP contribution in [0, 0.1) is 0 Å². The van der Waals surface area contributed by atoms with Crippen molar-refractivity contribution in [3.63, 3.8) is 0 Å². The van der Waals surface area contributed by atoms with Crippen molar-refractivity contribution in [1.29, 1.82) is 0 Å². The molecule has 28 heavy (non-hydrogen) atoms. The van der Waals surface area contributed by atoms with Crippen molar-refractivity contribution in [3.8, 4) is 11.5 Å². The van der Waals surface area contributed by atoms with Crippen LogP contribution in [0.15, 0.2) is 18.6 Å². The van der Waals surface area contributed by atoms with E-state index >= 15 is 0 Å². The Labute approximate surface area is 170 Å². The molecule has 0 bridgehead atoms. The first-order valence-electron chi connectivity index (χ1n) is 9.91. The predicted octanol–water partition coefficient (Wildman–Crippen LogP) is 3.37. The van der Waals surface area contributed by atoms with Gasteiger partial charge in [0.2, 0.25) is 0 Å². The average molecular weight is 414 g/mol. The Bertz CT molecular complexity index is 1040. The first-order valence-corrected chi connectivity index (χ1v) is 12.1. The number of nitrogens with zero attached hydrogens (tertiary/aromatic N) is 5. The topological polar surface area (TPSA) is 71.9 Å². The molecule has 0 N–H and O–H groups in total. The quantitative estimate of drug-likeness (QED) is 0.641. The van der Waals surface area contributed by atoms with Crippen molar-refractivity contribution in [2.75, 3.05) is 23.7 Å². The van der Waals surface area contributed by atoms with Crippen LogP contribution in [0.1, 0.15) is 36.6 Å². The van der Waals surface area contributed by atoms with E-state index in [1.165, 1.54) is 28.7 Å². The van der Waals surface area contributed by atoms with Gasteiger partial charge >= 0.3 is 0 Å². The van der Waals surface area contributed by atoms with E-state index < -0.39 is 10.8 Å². The minimum Gasteiger partial charge on any atom is -0.355 e. The van der Waals surface area contributed by atoms with Gasteiger partial charge in [-0.2, -0.15) is 0 Å². The Balaban J connectivity index is 1.68. The van der Waals surface area contributed by atoms with E-state index in [9.17, 15) is 4.21 Å². The Morgan fingerprint density at radius 3 is 2.93 bits per heavy atom. The Hall–Kier alpha value is -1.93. The lowest BCUT2D eigenvalue weighted by Crippen LogP contribution is -2.27. The summed E-state index contributed by atoms with van der Waals surface area (Å²) >= 11 is 1.81. The zero-order valence-electron chi connectivity index (χ0n) is 15.9. The summed E-state index contributed by atoms with van der Waals surface area (Å²) < 4.78 is 12.4. The molecule has 3 aromatic rings. The van der Waals surface area contributed by atoms with Gasteiger partial charge in [-0.3, -0.25) is 9.19 Å². The first-order chi connectivity index (χ1) is 13.7. The van der Waals surface area contributed by atoms with Crippen LogP contribution < -0.4 is 4.90 Å². The van der Waals surface area contributed by atoms with Crippen molar-refractivity contribution in [1.82, 2.24) is 19.9 Å². The second kappa shape index (κ2) is 7.48. The van der Waals surface area contributed by atoms with E-state index in [2.05, 4.69) is 21.8 Å². The largest absolute Gasteiger partial charge is 0.355 e. The van der Waals surface area contributed by atoms with Crippen molar-refractivity contribution in [2.45, 2.75) is 44.3 Å². The molecule has 2 atom stereocenters. The lowest BCUT2D eigenvalue weighted by molar-refractivity contribution is 0.671. The van der Waals surface area contributed by atoms with Gasteiger partial charge in [0.25, 0.3) is 0 Å². The molecule has 2 unspecified atom stereocenters. The molecule has 6 nitrogen and oxygen atoms in total. The number of rotatable bonds is 2. The molecule has 1 fully saturated rings. The minimum absolute atomic E-state index is 0.234. The van der Waals surface area contributed by atoms with Gasteiger partial charge in [-0.05, 0) is 37.7 Å². The molecule has 0 saturated carbocycles. The third-order valence-corrected chi connectivity index (χ3v) is 8.61. The van der Waals surface area contributed by atoms with Gasteiger partial charge in [-0.1, -0.05) is 6.92 Å². The van der Waals surface area contributed by atoms with Crippen LogP contribution in [-0.4, -0.2) is 48.2 Å². The standard InChI is InChI=1S/C20H23N5OS2/c1-13-6-9-25(10-11-28(13)26)19-17-14-4-2-3-5-16(14)27-20(17)24-18(23-19)15-12-21-7-8-22-15/h7-8,12-13H,2-6,9-11H2,1H3. The van der Waals surface area contributed by atoms with Crippen molar-refractivity contribution < 1.29 is 4.21 Å². The second-order valence-corrected chi connectivity index (χ2v) is 10.6. The molecule has 2 aliphatic rings. The highest BCUT2D eigenvalue weighted by atomic mass is 32.2. The van der Waals surface area contributed by atoms with E-state index in [0.29, 0.717) is 17.3 Å². The molecule has 5 rings (SSSR count). The molecule has 0 amide bonds. The van der Waals surface area contributed by atoms with Gasteiger partial charge in [0.15, 0.2) is 5.82 Å². The summed E-state index contributed by atoms with van der Waals surface area (Å²) in [6.07, 6.45) is 10.7. The average Bonchev–Trinajstić information content (AvgIpc) is 3.03. The molecule has 0 spiro atoms. The molecule has 3 aromatic heterocycles. The van der Waals surface area contributed by atoms with Crippen molar-refractivity contribution in [3.05, 3.63) is 29.0 Å². The van der Waals surface area contributed by atoms with E-state index in [4.69, 9.17) is 9.97 Å². The highest BCUT2D eigenvalue weighted by Crippen LogP contribution is 2.40. The van der Waals surface area contributed by atoms with Crippen LogP contribution in [0.3, 0.4) is 0 Å². The lowest BCUT2D eigenvalue weighted by atomic mass is 9.97. The first kappa shape index (κ1) is 18.1. The summed E-state index contributed by atoms with van der Waals surface area (Å²) in [5, 5.41) is 1.45. The SMILES string of the molecule is CC1CCN(c2nc(-c3cnccn3)nc3sc4c(c23)CCCC4)CCS1=O. The maximum absolute atomic E-state index is 12.4. The third-order valence-electron chi connectivity index (χ3n) is 5.70. The molecule has 0 radical (unpaired) electrons. The zero-order chi connectivity index (χ0) is 19.1. The monoisotopic (exact) mass is 413 g/mol. The Morgan fingerprint density at radius 2 is 2.07 bits per heavy atom. The molecule has 1 saturated heterocycles. The number of aryl methyl sites for hydroxylation is 2. The lowest BCUT2D eigenvalue weighted by Gasteiger charge is -2.23. The molecule has 1 aliphatic carbocycles. The molecule has 146 valence electrons. The van der Waals surface area contributed by atoms with E-state index in [-0.39, 0.29) is 5.25 Å². The van der Waals surface area contributed by atoms with Gasteiger partial charge in [-0.25, -0.2) is 15.0 Å². The molecular weight excluding hydrogens is 390 g/mol. The second-order valence-electron chi connectivity index (χ2n) is 7.52. The van der Waals surface area contributed by atoms with Crippen LogP contribution in [0.25, 0.3) is 21.7 Å². The molecule has 4 heterocycles. The smallest absolute Gasteiger partial charge is 0.183 e. The fraction of sp³-hybridized carbons (Fsp3) is 0.500. The maximum atomic E-state index is 12.4. The molecule has 1 aliphatic heterocycles. The summed E-state index contributed by atoms with van der Waals surface area (Å²) in [5.41, 5.74) is 2.13. The van der Waals surface area contributed by atoms with Crippen LogP contribution in [0.2, 0.25) is 0 Å². The van der Waals surface area contributed by atoms with Crippen LogP contribution in [0.5, 0.6) is 0 Å². The summed E-state index contributed by atoms with van der Waals surface area (Å²) in [4.78, 5) is 23.3. The van der Waals surface area contributed by atoms with Crippen molar-refractivity contribution >= 4 is 38.2 Å². The third kappa shape index (κ3) is 3.22. The normalized spacial score (nSPS) is 22.8. The zero-order valence-corrected chi connectivity index (χ0v) is 17.6. The number of anilines is 1. The summed E-state index contributed by atoms with van der Waals surface area (Å²) in [5.74, 6) is 2.32. The summed E-state index contributed by atoms with van der Waals surface area (Å²) in [7, 11) is -0.769. The highest BCUT2D eigenvalue weighted by molar-refractivity contribution is 7.85. The number of thiophene rings is 1. The summed E-state index contributed by atoms with van der Waals surface area (Å²) in [6, 6.07) is 0. The number of hydrogen-bond acceptors (Lipinski definition) is 7. The number of aromatic nitrogens is 4. The van der Waals surface area contributed by atoms with Crippen LogP contribution >= 0.6 is 11.3 Å². The van der Waals surface area contributed by atoms with Gasteiger partial charge in [0, 0.05) is 52.2 Å². The minimum atomic E-state index is -0.769. The van der Waals surface area contributed by atoms with Gasteiger partial charge in [0.05, 0.1) is 11.6 Å². The Morgan fingerprint density at radius 1 is 1.18 bits per heavy atom. The number of fused-ring (bicyclic) bond motifs is 3. The van der Waals surface area contributed by atoms with Crippen molar-refractivity contribution in [2.24, 2.45) is 0 Å². The molecule has 0 aromatic carbocycles. The van der Waals surface area contributed by atoms with Crippen LogP contribution in [0.4, 0.5) is 5.82 Å². The fourth-order valence-electron chi connectivity index (χ4n) is 4.09. The van der Waals surface area contributed by atoms with E-state index in [0.717, 1.165) is 43.0 Å². The van der Waals surface area contributed by atoms with Gasteiger partial charge in [-0.15, -0.1) is 11.3 Å².